The van der Waals surface area contributed by atoms with Gasteiger partial charge in [-0.3, -0.25) is 4.79 Å². The van der Waals surface area contributed by atoms with Crippen molar-refractivity contribution in [3.63, 3.8) is 0 Å². The van der Waals surface area contributed by atoms with Gasteiger partial charge in [-0.05, 0) is 32.6 Å². The van der Waals surface area contributed by atoms with E-state index in [0.29, 0.717) is 0 Å². The number of carbonyl (C=O) groups excluding carboxylic acids is 1. The lowest BCUT2D eigenvalue weighted by molar-refractivity contribution is -0.149. The number of ether oxygens (including phenoxy) is 1. The maximum absolute atomic E-state index is 13.4. The second-order valence-electron chi connectivity index (χ2n) is 5.64. The molecule has 2 rings (SSSR count). The van der Waals surface area contributed by atoms with Crippen molar-refractivity contribution in [3.8, 4) is 5.75 Å². The lowest BCUT2D eigenvalue weighted by Gasteiger charge is -2.38. The number of esters is 1. The molecule has 1 aliphatic rings. The van der Waals surface area contributed by atoms with Gasteiger partial charge in [0.2, 0.25) is 34.8 Å². The Hall–Kier alpha value is -1.66. The summed E-state index contributed by atoms with van der Waals surface area (Å²) in [5, 5.41) is 0. The molecule has 1 aromatic carbocycles. The van der Waals surface area contributed by atoms with Crippen molar-refractivity contribution in [3.05, 3.63) is 29.1 Å². The van der Waals surface area contributed by atoms with Crippen molar-refractivity contribution in [1.82, 2.24) is 0 Å². The number of halogens is 5. The molecular weight excluding hydrogens is 295 g/mol. The van der Waals surface area contributed by atoms with Gasteiger partial charge in [-0.2, -0.15) is 8.78 Å². The molecule has 0 N–H and O–H groups in total. The third-order valence-electron chi connectivity index (χ3n) is 4.02. The lowest BCUT2D eigenvalue weighted by Crippen LogP contribution is -2.40. The van der Waals surface area contributed by atoms with Gasteiger partial charge >= 0.3 is 5.97 Å². The average Bonchev–Trinajstić information content (AvgIpc) is 2.36. The van der Waals surface area contributed by atoms with E-state index in [2.05, 4.69) is 4.74 Å². The molecule has 116 valence electrons. The summed E-state index contributed by atoms with van der Waals surface area (Å²) in [7, 11) is 0. The molecule has 0 amide bonds. The summed E-state index contributed by atoms with van der Waals surface area (Å²) in [5.74, 6) is -13.5. The van der Waals surface area contributed by atoms with Crippen LogP contribution in [0.5, 0.6) is 5.75 Å². The van der Waals surface area contributed by atoms with Crippen molar-refractivity contribution in [2.45, 2.75) is 33.1 Å². The Labute approximate surface area is 117 Å². The second kappa shape index (κ2) is 5.27. The van der Waals surface area contributed by atoms with E-state index in [1.807, 2.05) is 0 Å². The van der Waals surface area contributed by atoms with Gasteiger partial charge in [0.25, 0.3) is 0 Å². The van der Waals surface area contributed by atoms with Gasteiger partial charge in [-0.1, -0.05) is 6.42 Å². The van der Waals surface area contributed by atoms with Crippen molar-refractivity contribution in [2.24, 2.45) is 11.3 Å². The van der Waals surface area contributed by atoms with Crippen molar-refractivity contribution in [2.75, 3.05) is 0 Å². The fraction of sp³-hybridized carbons (Fsp3) is 0.500. The quantitative estimate of drug-likeness (QED) is 0.276. The first-order chi connectivity index (χ1) is 9.67. The van der Waals surface area contributed by atoms with E-state index in [9.17, 15) is 26.7 Å². The molecule has 0 atom stereocenters. The molecule has 0 radical (unpaired) electrons. The van der Waals surface area contributed by atoms with E-state index < -0.39 is 46.2 Å². The van der Waals surface area contributed by atoms with Crippen LogP contribution in [-0.4, -0.2) is 5.97 Å². The van der Waals surface area contributed by atoms with E-state index >= 15 is 0 Å². The third kappa shape index (κ3) is 2.49. The summed E-state index contributed by atoms with van der Waals surface area (Å²) in [6.45, 7) is 3.04. The maximum Gasteiger partial charge on any atom is 0.317 e. The highest BCUT2D eigenvalue weighted by molar-refractivity contribution is 5.79. The zero-order valence-electron chi connectivity index (χ0n) is 11.4. The molecule has 1 aliphatic carbocycles. The Balaban J connectivity index is 2.34. The molecule has 0 aliphatic heterocycles. The number of hydrogen-bond acceptors (Lipinski definition) is 2. The number of benzene rings is 1. The smallest absolute Gasteiger partial charge is 0.317 e. The van der Waals surface area contributed by atoms with Crippen LogP contribution in [0.25, 0.3) is 0 Å². The number of hydrogen-bond donors (Lipinski definition) is 0. The monoisotopic (exact) mass is 308 g/mol. The first-order valence-electron chi connectivity index (χ1n) is 6.41. The molecule has 0 heterocycles. The predicted molar refractivity (Wildman–Crippen MR) is 63.0 cm³/mol. The van der Waals surface area contributed by atoms with Crippen LogP contribution < -0.4 is 4.74 Å². The zero-order chi connectivity index (χ0) is 15.9. The van der Waals surface area contributed by atoms with Crippen molar-refractivity contribution in [1.29, 1.82) is 0 Å². The van der Waals surface area contributed by atoms with Gasteiger partial charge in [0, 0.05) is 0 Å². The first kappa shape index (κ1) is 15.7. The van der Waals surface area contributed by atoms with E-state index in [4.69, 9.17) is 0 Å². The first-order valence-corrected chi connectivity index (χ1v) is 6.41. The Morgan fingerprint density at radius 3 is 1.76 bits per heavy atom. The van der Waals surface area contributed by atoms with Crippen molar-refractivity contribution < 1.29 is 31.5 Å². The molecule has 21 heavy (non-hydrogen) atoms. The Kier molecular flexibility index (Phi) is 3.95. The highest BCUT2D eigenvalue weighted by atomic mass is 19.2. The van der Waals surface area contributed by atoms with Gasteiger partial charge in [-0.25, -0.2) is 13.2 Å². The van der Waals surface area contributed by atoms with Crippen LogP contribution in [0, 0.1) is 40.4 Å². The maximum atomic E-state index is 13.4. The van der Waals surface area contributed by atoms with Gasteiger partial charge in [0.05, 0.1) is 5.41 Å². The third-order valence-corrected chi connectivity index (χ3v) is 4.02. The van der Waals surface area contributed by atoms with Crippen LogP contribution in [0.3, 0.4) is 0 Å². The van der Waals surface area contributed by atoms with E-state index in [-0.39, 0.29) is 5.92 Å². The van der Waals surface area contributed by atoms with Gasteiger partial charge in [0.15, 0.2) is 0 Å². The Morgan fingerprint density at radius 2 is 1.38 bits per heavy atom. The van der Waals surface area contributed by atoms with E-state index in [1.54, 1.807) is 0 Å². The van der Waals surface area contributed by atoms with Gasteiger partial charge in [0.1, 0.15) is 0 Å². The van der Waals surface area contributed by atoms with Gasteiger partial charge in [-0.15, -0.1) is 0 Å². The topological polar surface area (TPSA) is 26.3 Å². The molecule has 0 bridgehead atoms. The summed E-state index contributed by atoms with van der Waals surface area (Å²) in [4.78, 5) is 12.0. The second-order valence-corrected chi connectivity index (χ2v) is 5.64. The molecule has 0 saturated heterocycles. The predicted octanol–water partition coefficient (Wildman–Crippen LogP) is 4.11. The van der Waals surface area contributed by atoms with E-state index in [1.165, 1.54) is 13.8 Å². The Morgan fingerprint density at radius 1 is 0.952 bits per heavy atom. The molecule has 0 aromatic heterocycles. The van der Waals surface area contributed by atoms with Crippen LogP contribution in [-0.2, 0) is 4.79 Å². The lowest BCUT2D eigenvalue weighted by atomic mass is 9.67. The summed E-state index contributed by atoms with van der Waals surface area (Å²) in [6, 6.07) is 0. The largest absolute Gasteiger partial charge is 0.420 e. The molecule has 1 saturated carbocycles. The van der Waals surface area contributed by atoms with E-state index in [0.717, 1.165) is 19.3 Å². The minimum Gasteiger partial charge on any atom is -0.420 e. The number of rotatable bonds is 3. The van der Waals surface area contributed by atoms with Gasteiger partial charge < -0.3 is 4.74 Å². The van der Waals surface area contributed by atoms with Crippen LogP contribution >= 0.6 is 0 Å². The minimum absolute atomic E-state index is 0.0359. The van der Waals surface area contributed by atoms with Crippen LogP contribution in [0.1, 0.15) is 33.1 Å². The summed E-state index contributed by atoms with van der Waals surface area (Å²) >= 11 is 0. The molecule has 7 heteroatoms. The Bertz CT molecular complexity index is 565. The minimum atomic E-state index is -2.29. The molecular formula is C14H13F5O2. The SMILES string of the molecule is CC(C)(C(=O)Oc1c(F)c(F)c(F)c(F)c1F)C1CCC1. The molecule has 0 spiro atoms. The average molecular weight is 308 g/mol. The van der Waals surface area contributed by atoms with Crippen LogP contribution in [0.2, 0.25) is 0 Å². The van der Waals surface area contributed by atoms with Crippen LogP contribution in [0.4, 0.5) is 22.0 Å². The highest BCUT2D eigenvalue weighted by Crippen LogP contribution is 2.43. The highest BCUT2D eigenvalue weighted by Gasteiger charge is 2.42. The summed E-state index contributed by atoms with van der Waals surface area (Å²) < 4.78 is 70.3. The molecule has 1 aromatic rings. The normalized spacial score (nSPS) is 15.8. The molecule has 0 unspecified atom stereocenters. The fourth-order valence-electron chi connectivity index (χ4n) is 2.20. The summed E-state index contributed by atoms with van der Waals surface area (Å²) in [5.41, 5.74) is -1.06. The van der Waals surface area contributed by atoms with Crippen molar-refractivity contribution >= 4 is 5.97 Å². The fourth-order valence-corrected chi connectivity index (χ4v) is 2.20. The summed E-state index contributed by atoms with van der Waals surface area (Å²) in [6.07, 6.45) is 2.42. The zero-order valence-corrected chi connectivity index (χ0v) is 11.4. The molecule has 1 fully saturated rings. The van der Waals surface area contributed by atoms with Crippen LogP contribution in [0.15, 0.2) is 0 Å². The number of carbonyl (C=O) groups is 1. The molecule has 2 nitrogen and oxygen atoms in total. The standard InChI is InChI=1S/C14H13F5O2/c1-14(2,6-4-3-5-6)13(20)21-12-10(18)8(16)7(15)9(17)11(12)19/h6H,3-5H2,1-2H3.